The Labute approximate surface area is 214 Å². The fourth-order valence-corrected chi connectivity index (χ4v) is 4.68. The topological polar surface area (TPSA) is 120 Å². The third-order valence-electron chi connectivity index (χ3n) is 6.55. The van der Waals surface area contributed by atoms with Crippen LogP contribution in [0.5, 0.6) is 0 Å². The fraction of sp³-hybridized carbons (Fsp3) is 0.200. The van der Waals surface area contributed by atoms with Crippen LogP contribution in [0.2, 0.25) is 5.02 Å². The second-order valence-electron chi connectivity index (χ2n) is 8.86. The minimum absolute atomic E-state index is 0.0525. The summed E-state index contributed by atoms with van der Waals surface area (Å²) in [6, 6.07) is 12.9. The molecule has 186 valence electrons. The standard InChI is InChI=1S/C25H20ClFN8O2/c26-16-3-7-22(34-14-28-31-32-34)18(10-16)15-2-6-23(35(37)13-15)19(12-24(36)33-8-1-9-33)25-29-20-5-4-17(27)11-21(20)30-25/h2-7,10-11,13-14,19H,1,8-9,12H2,(H,29,30). The van der Waals surface area contributed by atoms with Crippen LogP contribution >= 0.6 is 11.6 Å². The number of likely N-dealkylation sites (tertiary alicyclic amines) is 1. The zero-order valence-electron chi connectivity index (χ0n) is 19.4. The number of fused-ring (bicyclic) bond motifs is 1. The maximum absolute atomic E-state index is 13.8. The number of carbonyl (C=O) groups excluding carboxylic acids is 1. The molecule has 0 aliphatic carbocycles. The number of nitrogens with one attached hydrogen (secondary N) is 1. The minimum Gasteiger partial charge on any atom is -0.618 e. The van der Waals surface area contributed by atoms with E-state index in [4.69, 9.17) is 11.6 Å². The van der Waals surface area contributed by atoms with Gasteiger partial charge in [0.25, 0.3) is 0 Å². The van der Waals surface area contributed by atoms with Crippen LogP contribution in [0.25, 0.3) is 27.8 Å². The lowest BCUT2D eigenvalue weighted by Gasteiger charge is -2.31. The van der Waals surface area contributed by atoms with Crippen molar-refractivity contribution >= 4 is 28.5 Å². The molecule has 1 saturated heterocycles. The number of aromatic nitrogens is 7. The molecule has 5 aromatic rings. The van der Waals surface area contributed by atoms with Crippen LogP contribution in [0, 0.1) is 11.0 Å². The van der Waals surface area contributed by atoms with Crippen molar-refractivity contribution in [3.05, 3.63) is 88.6 Å². The third kappa shape index (κ3) is 4.38. The molecule has 0 bridgehead atoms. The van der Waals surface area contributed by atoms with Crippen LogP contribution in [-0.2, 0) is 4.79 Å². The van der Waals surface area contributed by atoms with Gasteiger partial charge in [-0.15, -0.1) is 5.10 Å². The van der Waals surface area contributed by atoms with Crippen molar-refractivity contribution in [1.29, 1.82) is 0 Å². The molecule has 1 aliphatic rings. The van der Waals surface area contributed by atoms with Crippen LogP contribution in [-0.4, -0.2) is 54.1 Å². The molecule has 3 aromatic heterocycles. The number of aromatic amines is 1. The van der Waals surface area contributed by atoms with Gasteiger partial charge in [0.1, 0.15) is 23.9 Å². The molecule has 1 N–H and O–H groups in total. The monoisotopic (exact) mass is 518 g/mol. The smallest absolute Gasteiger partial charge is 0.223 e. The lowest BCUT2D eigenvalue weighted by Crippen LogP contribution is -2.43. The molecule has 1 fully saturated rings. The average Bonchev–Trinajstić information content (AvgIpc) is 3.51. The summed E-state index contributed by atoms with van der Waals surface area (Å²) < 4.78 is 16.0. The number of tetrazole rings is 1. The molecule has 37 heavy (non-hydrogen) atoms. The molecule has 1 aliphatic heterocycles. The van der Waals surface area contributed by atoms with Gasteiger partial charge in [0.15, 0.2) is 6.20 Å². The van der Waals surface area contributed by atoms with E-state index in [1.54, 1.807) is 41.3 Å². The second-order valence-corrected chi connectivity index (χ2v) is 9.30. The second kappa shape index (κ2) is 9.25. The fourth-order valence-electron chi connectivity index (χ4n) is 4.51. The maximum atomic E-state index is 13.8. The molecule has 0 saturated carbocycles. The Morgan fingerprint density at radius 1 is 1.19 bits per heavy atom. The van der Waals surface area contributed by atoms with Crippen LogP contribution in [0.1, 0.15) is 30.3 Å². The number of imidazole rings is 1. The first kappa shape index (κ1) is 23.0. The molecule has 0 radical (unpaired) electrons. The Kier molecular flexibility index (Phi) is 5.76. The van der Waals surface area contributed by atoms with Crippen molar-refractivity contribution in [1.82, 2.24) is 35.1 Å². The third-order valence-corrected chi connectivity index (χ3v) is 6.78. The highest BCUT2D eigenvalue weighted by Gasteiger charge is 2.32. The van der Waals surface area contributed by atoms with E-state index in [1.165, 1.54) is 29.3 Å². The van der Waals surface area contributed by atoms with Gasteiger partial charge < -0.3 is 15.1 Å². The van der Waals surface area contributed by atoms with E-state index in [2.05, 4.69) is 25.5 Å². The largest absolute Gasteiger partial charge is 0.618 e. The number of hydrogen-bond acceptors (Lipinski definition) is 6. The molecular formula is C25H20ClFN8O2. The number of rotatable bonds is 6. The van der Waals surface area contributed by atoms with Crippen LogP contribution in [0.4, 0.5) is 4.39 Å². The van der Waals surface area contributed by atoms with E-state index in [0.717, 1.165) is 11.2 Å². The van der Waals surface area contributed by atoms with Gasteiger partial charge in [-0.1, -0.05) is 11.6 Å². The lowest BCUT2D eigenvalue weighted by atomic mass is 9.96. The zero-order chi connectivity index (χ0) is 25.5. The summed E-state index contributed by atoms with van der Waals surface area (Å²) in [7, 11) is 0. The summed E-state index contributed by atoms with van der Waals surface area (Å²) in [6.45, 7) is 1.39. The van der Waals surface area contributed by atoms with Crippen molar-refractivity contribution in [2.24, 2.45) is 0 Å². The predicted octanol–water partition coefficient (Wildman–Crippen LogP) is 3.39. The normalized spacial score (nSPS) is 14.1. The number of amides is 1. The van der Waals surface area contributed by atoms with Gasteiger partial charge in [0.05, 0.1) is 16.7 Å². The van der Waals surface area contributed by atoms with E-state index >= 15 is 0 Å². The molecular weight excluding hydrogens is 499 g/mol. The number of pyridine rings is 1. The van der Waals surface area contributed by atoms with Crippen LogP contribution < -0.4 is 4.73 Å². The Hall–Kier alpha value is -4.38. The Bertz CT molecular complexity index is 1620. The maximum Gasteiger partial charge on any atom is 0.223 e. The summed E-state index contributed by atoms with van der Waals surface area (Å²) in [6.07, 6.45) is 3.89. The van der Waals surface area contributed by atoms with E-state index in [1.807, 2.05) is 0 Å². The van der Waals surface area contributed by atoms with E-state index in [9.17, 15) is 14.4 Å². The molecule has 2 aromatic carbocycles. The molecule has 1 amide bonds. The number of carbonyl (C=O) groups is 1. The first-order valence-electron chi connectivity index (χ1n) is 11.7. The molecule has 1 atom stereocenters. The molecule has 1 unspecified atom stereocenters. The molecule has 0 spiro atoms. The van der Waals surface area contributed by atoms with Crippen molar-refractivity contribution in [3.63, 3.8) is 0 Å². The van der Waals surface area contributed by atoms with Gasteiger partial charge in [-0.2, -0.15) is 9.41 Å². The van der Waals surface area contributed by atoms with Gasteiger partial charge in [-0.05, 0) is 59.3 Å². The highest BCUT2D eigenvalue weighted by Crippen LogP contribution is 2.32. The highest BCUT2D eigenvalue weighted by molar-refractivity contribution is 6.31. The summed E-state index contributed by atoms with van der Waals surface area (Å²) in [5.74, 6) is -0.709. The van der Waals surface area contributed by atoms with Crippen molar-refractivity contribution in [3.8, 4) is 16.8 Å². The molecule has 4 heterocycles. The number of hydrogen-bond donors (Lipinski definition) is 1. The number of nitrogens with zero attached hydrogens (tertiary/aromatic N) is 7. The van der Waals surface area contributed by atoms with E-state index in [0.29, 0.717) is 57.5 Å². The van der Waals surface area contributed by atoms with Crippen molar-refractivity contribution in [2.45, 2.75) is 18.8 Å². The van der Waals surface area contributed by atoms with Gasteiger partial charge >= 0.3 is 0 Å². The SMILES string of the molecule is O=C(CC(c1nc2ccc(F)cc2[nH]1)c1ccc(-c2cc(Cl)ccc2-n2cnnn2)c[n+]1[O-])N1CCC1. The van der Waals surface area contributed by atoms with Crippen LogP contribution in [0.15, 0.2) is 61.1 Å². The minimum atomic E-state index is -0.659. The number of halogens is 2. The van der Waals surface area contributed by atoms with Gasteiger partial charge in [0.2, 0.25) is 11.6 Å². The number of benzene rings is 2. The summed E-state index contributed by atoms with van der Waals surface area (Å²) >= 11 is 6.26. The highest BCUT2D eigenvalue weighted by atomic mass is 35.5. The lowest BCUT2D eigenvalue weighted by molar-refractivity contribution is -0.614. The van der Waals surface area contributed by atoms with Gasteiger partial charge in [-0.3, -0.25) is 4.79 Å². The number of H-pyrrole nitrogens is 1. The zero-order valence-corrected chi connectivity index (χ0v) is 20.1. The Balaban J connectivity index is 1.42. The van der Waals surface area contributed by atoms with E-state index in [-0.39, 0.29) is 12.3 Å². The average molecular weight is 519 g/mol. The quantitative estimate of drug-likeness (QED) is 0.272. The first-order valence-corrected chi connectivity index (χ1v) is 12.0. The predicted molar refractivity (Wildman–Crippen MR) is 132 cm³/mol. The summed E-state index contributed by atoms with van der Waals surface area (Å²) in [5.41, 5.74) is 3.27. The van der Waals surface area contributed by atoms with Crippen molar-refractivity contribution in [2.75, 3.05) is 13.1 Å². The molecule has 12 heteroatoms. The Morgan fingerprint density at radius 3 is 2.78 bits per heavy atom. The van der Waals surface area contributed by atoms with Crippen LogP contribution in [0.3, 0.4) is 0 Å². The van der Waals surface area contributed by atoms with E-state index < -0.39 is 11.7 Å². The molecule has 10 nitrogen and oxygen atoms in total. The summed E-state index contributed by atoms with van der Waals surface area (Å²) in [4.78, 5) is 22.4. The van der Waals surface area contributed by atoms with Crippen molar-refractivity contribution < 1.29 is 13.9 Å². The van der Waals surface area contributed by atoms with Gasteiger partial charge in [-0.25, -0.2) is 9.37 Å². The first-order chi connectivity index (χ1) is 18.0. The van der Waals surface area contributed by atoms with Gasteiger partial charge in [0, 0.05) is 41.7 Å². The summed E-state index contributed by atoms with van der Waals surface area (Å²) in [5, 5.41) is 25.2. The Morgan fingerprint density at radius 2 is 2.05 bits per heavy atom. The molecule has 6 rings (SSSR count).